The van der Waals surface area contributed by atoms with Gasteiger partial charge >= 0.3 is 0 Å². The lowest BCUT2D eigenvalue weighted by Gasteiger charge is -1.88. The van der Waals surface area contributed by atoms with Gasteiger partial charge in [-0.2, -0.15) is 0 Å². The number of rotatable bonds is 3. The van der Waals surface area contributed by atoms with Crippen LogP contribution < -0.4 is 5.73 Å². The highest BCUT2D eigenvalue weighted by Gasteiger charge is 1.92. The number of nitrogens with two attached hydrogens (primary N) is 1. The zero-order valence-corrected chi connectivity index (χ0v) is 5.90. The van der Waals surface area contributed by atoms with Crippen LogP contribution in [0.25, 0.3) is 0 Å². The van der Waals surface area contributed by atoms with Gasteiger partial charge < -0.3 is 5.73 Å². The SMILES string of the molecule is NCCCc1csnn1. The fourth-order valence-corrected chi connectivity index (χ4v) is 1.06. The van der Waals surface area contributed by atoms with E-state index < -0.39 is 0 Å². The van der Waals surface area contributed by atoms with E-state index in [1.807, 2.05) is 5.38 Å². The maximum Gasteiger partial charge on any atom is 0.0755 e. The standard InChI is InChI=1S/C5H9N3S/c6-3-1-2-5-4-9-8-7-5/h4H,1-3,6H2. The van der Waals surface area contributed by atoms with Crippen LogP contribution in [0.2, 0.25) is 0 Å². The van der Waals surface area contributed by atoms with Crippen molar-refractivity contribution in [2.75, 3.05) is 6.54 Å². The summed E-state index contributed by atoms with van der Waals surface area (Å²) >= 11 is 1.39. The summed E-state index contributed by atoms with van der Waals surface area (Å²) in [6.45, 7) is 0.734. The molecule has 2 N–H and O–H groups in total. The lowest BCUT2D eigenvalue weighted by atomic mass is 10.3. The Morgan fingerprint density at radius 3 is 3.11 bits per heavy atom. The Hall–Kier alpha value is -0.480. The molecule has 4 heteroatoms. The molecule has 1 rings (SSSR count). The second kappa shape index (κ2) is 3.53. The third-order valence-corrected chi connectivity index (χ3v) is 1.60. The summed E-state index contributed by atoms with van der Waals surface area (Å²) in [6, 6.07) is 0. The first kappa shape index (κ1) is 6.64. The van der Waals surface area contributed by atoms with Crippen molar-refractivity contribution in [1.29, 1.82) is 0 Å². The van der Waals surface area contributed by atoms with E-state index in [0.29, 0.717) is 0 Å². The van der Waals surface area contributed by atoms with Crippen molar-refractivity contribution >= 4 is 11.5 Å². The van der Waals surface area contributed by atoms with Crippen molar-refractivity contribution in [3.05, 3.63) is 11.1 Å². The molecule has 0 radical (unpaired) electrons. The van der Waals surface area contributed by atoms with Crippen LogP contribution in [0, 0.1) is 0 Å². The Balaban J connectivity index is 2.30. The van der Waals surface area contributed by atoms with E-state index in [1.165, 1.54) is 11.5 Å². The average Bonchev–Trinajstić information content (AvgIpc) is 2.34. The Morgan fingerprint density at radius 1 is 1.67 bits per heavy atom. The van der Waals surface area contributed by atoms with Gasteiger partial charge in [0.05, 0.1) is 5.69 Å². The minimum absolute atomic E-state index is 0.734. The summed E-state index contributed by atoms with van der Waals surface area (Å²) < 4.78 is 3.73. The van der Waals surface area contributed by atoms with Gasteiger partial charge in [0.25, 0.3) is 0 Å². The zero-order valence-electron chi connectivity index (χ0n) is 5.08. The molecule has 0 aliphatic carbocycles. The molecule has 1 aromatic rings. The van der Waals surface area contributed by atoms with Crippen LogP contribution in [0.3, 0.4) is 0 Å². The van der Waals surface area contributed by atoms with Gasteiger partial charge in [0.2, 0.25) is 0 Å². The summed E-state index contributed by atoms with van der Waals surface area (Å²) in [5.74, 6) is 0. The molecule has 1 heterocycles. The second-order valence-corrected chi connectivity index (χ2v) is 2.40. The molecule has 9 heavy (non-hydrogen) atoms. The number of nitrogens with zero attached hydrogens (tertiary/aromatic N) is 2. The number of aromatic nitrogens is 2. The van der Waals surface area contributed by atoms with Crippen LogP contribution >= 0.6 is 11.5 Å². The van der Waals surface area contributed by atoms with Crippen LogP contribution in [0.4, 0.5) is 0 Å². The van der Waals surface area contributed by atoms with Crippen molar-refractivity contribution in [3.63, 3.8) is 0 Å². The van der Waals surface area contributed by atoms with E-state index in [0.717, 1.165) is 25.1 Å². The topological polar surface area (TPSA) is 51.8 Å². The number of aryl methyl sites for hydroxylation is 1. The zero-order chi connectivity index (χ0) is 6.53. The van der Waals surface area contributed by atoms with Crippen LogP contribution in [0.5, 0.6) is 0 Å². The predicted molar refractivity (Wildman–Crippen MR) is 37.3 cm³/mol. The summed E-state index contributed by atoms with van der Waals surface area (Å²) in [5.41, 5.74) is 6.36. The molecule has 0 spiro atoms. The first-order valence-electron chi connectivity index (χ1n) is 2.89. The highest BCUT2D eigenvalue weighted by Crippen LogP contribution is 1.98. The molecule has 0 aromatic carbocycles. The lowest BCUT2D eigenvalue weighted by Crippen LogP contribution is -2.00. The quantitative estimate of drug-likeness (QED) is 0.667. The summed E-state index contributed by atoms with van der Waals surface area (Å²) in [6.07, 6.45) is 1.97. The molecule has 3 nitrogen and oxygen atoms in total. The van der Waals surface area contributed by atoms with Gasteiger partial charge in [-0.25, -0.2) is 0 Å². The van der Waals surface area contributed by atoms with Crippen molar-refractivity contribution in [1.82, 2.24) is 9.59 Å². The van der Waals surface area contributed by atoms with Crippen molar-refractivity contribution < 1.29 is 0 Å². The van der Waals surface area contributed by atoms with Gasteiger partial charge in [0, 0.05) is 5.38 Å². The molecular formula is C5H9N3S. The Kier molecular flexibility index (Phi) is 2.60. The third-order valence-electron chi connectivity index (χ3n) is 1.04. The molecule has 0 fully saturated rings. The molecule has 0 saturated carbocycles. The van der Waals surface area contributed by atoms with Gasteiger partial charge in [-0.1, -0.05) is 4.49 Å². The maximum absolute atomic E-state index is 5.30. The first-order chi connectivity index (χ1) is 4.43. The highest BCUT2D eigenvalue weighted by molar-refractivity contribution is 7.03. The second-order valence-electron chi connectivity index (χ2n) is 1.79. The van der Waals surface area contributed by atoms with Crippen LogP contribution in [-0.4, -0.2) is 16.1 Å². The van der Waals surface area contributed by atoms with Crippen molar-refractivity contribution in [2.45, 2.75) is 12.8 Å². The summed E-state index contributed by atoms with van der Waals surface area (Å²) in [5, 5.41) is 5.82. The minimum Gasteiger partial charge on any atom is -0.330 e. The molecule has 0 aliphatic heterocycles. The van der Waals surface area contributed by atoms with E-state index in [9.17, 15) is 0 Å². The van der Waals surface area contributed by atoms with Crippen molar-refractivity contribution in [3.8, 4) is 0 Å². The smallest absolute Gasteiger partial charge is 0.0755 e. The van der Waals surface area contributed by atoms with Gasteiger partial charge in [0.1, 0.15) is 0 Å². The van der Waals surface area contributed by atoms with E-state index in [2.05, 4.69) is 9.59 Å². The van der Waals surface area contributed by atoms with E-state index in [1.54, 1.807) is 0 Å². The van der Waals surface area contributed by atoms with E-state index in [4.69, 9.17) is 5.73 Å². The molecule has 0 saturated heterocycles. The predicted octanol–water partition coefficient (Wildman–Crippen LogP) is 0.429. The van der Waals surface area contributed by atoms with E-state index in [-0.39, 0.29) is 0 Å². The van der Waals surface area contributed by atoms with Crippen LogP contribution in [0.15, 0.2) is 5.38 Å². The van der Waals surface area contributed by atoms with Crippen molar-refractivity contribution in [2.24, 2.45) is 5.73 Å². The molecule has 0 amide bonds. The fourth-order valence-electron chi connectivity index (χ4n) is 0.576. The Labute approximate surface area is 58.1 Å². The number of hydrogen-bond donors (Lipinski definition) is 1. The highest BCUT2D eigenvalue weighted by atomic mass is 32.1. The lowest BCUT2D eigenvalue weighted by molar-refractivity contribution is 0.804. The monoisotopic (exact) mass is 143 g/mol. The fraction of sp³-hybridized carbons (Fsp3) is 0.600. The third kappa shape index (κ3) is 2.07. The van der Waals surface area contributed by atoms with E-state index >= 15 is 0 Å². The molecular weight excluding hydrogens is 134 g/mol. The van der Waals surface area contributed by atoms with Gasteiger partial charge in [-0.3, -0.25) is 0 Å². The molecule has 0 atom stereocenters. The molecule has 1 aromatic heterocycles. The maximum atomic E-state index is 5.30. The van der Waals surface area contributed by atoms with Gasteiger partial charge in [0.15, 0.2) is 0 Å². The Bertz CT molecular complexity index is 149. The van der Waals surface area contributed by atoms with Gasteiger partial charge in [-0.05, 0) is 30.9 Å². The molecule has 0 bridgehead atoms. The average molecular weight is 143 g/mol. The molecule has 0 aliphatic rings. The normalized spacial score (nSPS) is 9.89. The summed E-state index contributed by atoms with van der Waals surface area (Å²) in [7, 11) is 0. The molecule has 0 unspecified atom stereocenters. The van der Waals surface area contributed by atoms with Gasteiger partial charge in [-0.15, -0.1) is 5.10 Å². The largest absolute Gasteiger partial charge is 0.330 e. The summed E-state index contributed by atoms with van der Waals surface area (Å²) in [4.78, 5) is 0. The first-order valence-corrected chi connectivity index (χ1v) is 3.73. The Morgan fingerprint density at radius 2 is 2.56 bits per heavy atom. The van der Waals surface area contributed by atoms with Crippen LogP contribution in [-0.2, 0) is 6.42 Å². The van der Waals surface area contributed by atoms with Crippen LogP contribution in [0.1, 0.15) is 12.1 Å². The minimum atomic E-state index is 0.734. The number of hydrogen-bond acceptors (Lipinski definition) is 4. The molecule has 50 valence electrons.